The van der Waals surface area contributed by atoms with E-state index in [1.807, 2.05) is 49.5 Å². The van der Waals surface area contributed by atoms with Crippen LogP contribution >= 0.6 is 0 Å². The molecule has 1 aliphatic heterocycles. The molecule has 0 aliphatic carbocycles. The molecular weight excluding hydrogens is 385 g/mol. The van der Waals surface area contributed by atoms with Crippen molar-refractivity contribution in [2.45, 2.75) is 13.1 Å². The minimum absolute atomic E-state index is 0.661. The van der Waals surface area contributed by atoms with Gasteiger partial charge in [0.15, 0.2) is 0 Å². The lowest BCUT2D eigenvalue weighted by molar-refractivity contribution is -0.137. The van der Waals surface area contributed by atoms with Gasteiger partial charge in [-0.15, -0.1) is 0 Å². The molecule has 2 nitrogen and oxygen atoms in total. The molecule has 148 valence electrons. The standard InChI is InChI=1S/C25H17F3N2/c1-15-6-11-19-21(14-30-23(19)12-15)24(16-7-9-17(10-8-16)25(26,27)28)20-13-29-22-5-3-2-4-18(20)22/h2-14,30H,1H3. The number of hydrogen-bond acceptors (Lipinski definition) is 1. The summed E-state index contributed by atoms with van der Waals surface area (Å²) < 4.78 is 39.3. The summed E-state index contributed by atoms with van der Waals surface area (Å²) in [5, 5.41) is 1.01. The number of aromatic nitrogens is 1. The van der Waals surface area contributed by atoms with Gasteiger partial charge in [-0.1, -0.05) is 42.5 Å². The average molecular weight is 402 g/mol. The first-order chi connectivity index (χ1) is 14.4. The van der Waals surface area contributed by atoms with Crippen LogP contribution < -0.4 is 0 Å². The molecule has 2 heterocycles. The van der Waals surface area contributed by atoms with Gasteiger partial charge in [0.25, 0.3) is 0 Å². The second-order valence-corrected chi connectivity index (χ2v) is 7.39. The van der Waals surface area contributed by atoms with Crippen molar-refractivity contribution in [2.75, 3.05) is 0 Å². The van der Waals surface area contributed by atoms with Crippen LogP contribution in [0.2, 0.25) is 0 Å². The molecule has 0 spiro atoms. The van der Waals surface area contributed by atoms with Gasteiger partial charge in [-0.25, -0.2) is 0 Å². The van der Waals surface area contributed by atoms with Crippen LogP contribution in [-0.4, -0.2) is 11.2 Å². The van der Waals surface area contributed by atoms with E-state index in [0.29, 0.717) is 5.56 Å². The summed E-state index contributed by atoms with van der Waals surface area (Å²) in [6.07, 6.45) is -0.658. The molecular formula is C25H17F3N2. The Morgan fingerprint density at radius 1 is 0.933 bits per heavy atom. The topological polar surface area (TPSA) is 28.1 Å². The summed E-state index contributed by atoms with van der Waals surface area (Å²) >= 11 is 0. The number of nitrogens with one attached hydrogen (secondary N) is 1. The molecule has 1 aliphatic rings. The molecule has 30 heavy (non-hydrogen) atoms. The Morgan fingerprint density at radius 3 is 2.47 bits per heavy atom. The van der Waals surface area contributed by atoms with E-state index in [0.717, 1.165) is 56.6 Å². The second kappa shape index (κ2) is 6.73. The van der Waals surface area contributed by atoms with Gasteiger partial charge >= 0.3 is 6.18 Å². The zero-order valence-corrected chi connectivity index (χ0v) is 16.1. The van der Waals surface area contributed by atoms with Crippen LogP contribution in [0.5, 0.6) is 0 Å². The van der Waals surface area contributed by atoms with E-state index < -0.39 is 11.7 Å². The van der Waals surface area contributed by atoms with Crippen molar-refractivity contribution in [3.05, 3.63) is 101 Å². The minimum atomic E-state index is -4.37. The van der Waals surface area contributed by atoms with E-state index in [2.05, 4.69) is 16.0 Å². The molecule has 0 saturated heterocycles. The van der Waals surface area contributed by atoms with Crippen LogP contribution in [0.25, 0.3) is 22.0 Å². The number of para-hydroxylation sites is 1. The van der Waals surface area contributed by atoms with Crippen LogP contribution in [-0.2, 0) is 6.18 Å². The Hall–Kier alpha value is -3.60. The van der Waals surface area contributed by atoms with Crippen LogP contribution in [0, 0.1) is 6.92 Å². The molecule has 3 aromatic carbocycles. The number of aryl methyl sites for hydroxylation is 1. The van der Waals surface area contributed by atoms with E-state index in [1.54, 1.807) is 6.21 Å². The van der Waals surface area contributed by atoms with Gasteiger partial charge in [-0.3, -0.25) is 4.99 Å². The first kappa shape index (κ1) is 18.4. The summed E-state index contributed by atoms with van der Waals surface area (Å²) in [5.41, 5.74) is 6.67. The van der Waals surface area contributed by atoms with Crippen molar-refractivity contribution in [3.63, 3.8) is 0 Å². The number of benzene rings is 3. The van der Waals surface area contributed by atoms with Gasteiger partial charge in [-0.05, 0) is 42.3 Å². The van der Waals surface area contributed by atoms with Gasteiger partial charge in [0.1, 0.15) is 0 Å². The number of alkyl halides is 3. The normalized spacial score (nSPS) is 14.9. The summed E-state index contributed by atoms with van der Waals surface area (Å²) in [6, 6.07) is 19.2. The highest BCUT2D eigenvalue weighted by Crippen LogP contribution is 2.41. The summed E-state index contributed by atoms with van der Waals surface area (Å²) in [4.78, 5) is 7.82. The van der Waals surface area contributed by atoms with Crippen molar-refractivity contribution >= 4 is 34.0 Å². The fraction of sp³-hybridized carbons (Fsp3) is 0.0800. The lowest BCUT2D eigenvalue weighted by Crippen LogP contribution is -2.04. The molecule has 1 aromatic heterocycles. The number of H-pyrrole nitrogens is 1. The third-order valence-corrected chi connectivity index (χ3v) is 5.40. The highest BCUT2D eigenvalue weighted by atomic mass is 19.4. The zero-order valence-electron chi connectivity index (χ0n) is 16.1. The summed E-state index contributed by atoms with van der Waals surface area (Å²) in [7, 11) is 0. The van der Waals surface area contributed by atoms with Crippen LogP contribution in [0.15, 0.2) is 77.9 Å². The largest absolute Gasteiger partial charge is 0.416 e. The molecule has 0 radical (unpaired) electrons. The van der Waals surface area contributed by atoms with E-state index in [1.165, 1.54) is 12.1 Å². The second-order valence-electron chi connectivity index (χ2n) is 7.39. The minimum Gasteiger partial charge on any atom is -0.361 e. The Labute approximate surface area is 171 Å². The van der Waals surface area contributed by atoms with E-state index in [9.17, 15) is 13.2 Å². The Kier molecular flexibility index (Phi) is 4.13. The van der Waals surface area contributed by atoms with E-state index >= 15 is 0 Å². The first-order valence-corrected chi connectivity index (χ1v) is 9.55. The molecule has 4 aromatic rings. The van der Waals surface area contributed by atoms with Gasteiger partial charge in [-0.2, -0.15) is 13.2 Å². The number of rotatable bonds is 2. The number of nitrogens with zero attached hydrogens (tertiary/aromatic N) is 1. The van der Waals surface area contributed by atoms with Gasteiger partial charge < -0.3 is 4.98 Å². The van der Waals surface area contributed by atoms with Crippen molar-refractivity contribution in [1.29, 1.82) is 0 Å². The number of hydrogen-bond donors (Lipinski definition) is 1. The molecule has 0 amide bonds. The smallest absolute Gasteiger partial charge is 0.361 e. The predicted molar refractivity (Wildman–Crippen MR) is 115 cm³/mol. The number of allylic oxidation sites excluding steroid dienone is 1. The number of aliphatic imine (C=N–C) groups is 1. The lowest BCUT2D eigenvalue weighted by atomic mass is 9.89. The zero-order chi connectivity index (χ0) is 20.9. The van der Waals surface area contributed by atoms with Crippen LogP contribution in [0.1, 0.15) is 27.8 Å². The van der Waals surface area contributed by atoms with E-state index in [-0.39, 0.29) is 0 Å². The van der Waals surface area contributed by atoms with Crippen molar-refractivity contribution in [2.24, 2.45) is 4.99 Å². The van der Waals surface area contributed by atoms with Gasteiger partial charge in [0.2, 0.25) is 0 Å². The number of fused-ring (bicyclic) bond motifs is 2. The molecule has 0 atom stereocenters. The molecule has 5 rings (SSSR count). The first-order valence-electron chi connectivity index (χ1n) is 9.55. The highest BCUT2D eigenvalue weighted by Gasteiger charge is 2.30. The molecule has 0 bridgehead atoms. The van der Waals surface area contributed by atoms with Crippen LogP contribution in [0.3, 0.4) is 0 Å². The Morgan fingerprint density at radius 2 is 1.70 bits per heavy atom. The quantitative estimate of drug-likeness (QED) is 0.368. The third kappa shape index (κ3) is 3.03. The van der Waals surface area contributed by atoms with Gasteiger partial charge in [0.05, 0.1) is 11.3 Å². The van der Waals surface area contributed by atoms with Crippen molar-refractivity contribution < 1.29 is 13.2 Å². The monoisotopic (exact) mass is 402 g/mol. The number of halogens is 3. The SMILES string of the molecule is Cc1ccc2c(C(=C3C=Nc4ccccc43)c3ccc(C(F)(F)F)cc3)c[nH]c2c1. The molecule has 5 heteroatoms. The lowest BCUT2D eigenvalue weighted by Gasteiger charge is -2.13. The predicted octanol–water partition coefficient (Wildman–Crippen LogP) is 7.17. The molecule has 1 N–H and O–H groups in total. The van der Waals surface area contributed by atoms with Crippen molar-refractivity contribution in [1.82, 2.24) is 4.98 Å². The summed E-state index contributed by atoms with van der Waals surface area (Å²) in [6.45, 7) is 2.02. The molecule has 0 unspecified atom stereocenters. The average Bonchev–Trinajstić information content (AvgIpc) is 3.33. The van der Waals surface area contributed by atoms with Crippen molar-refractivity contribution in [3.8, 4) is 0 Å². The number of aromatic amines is 1. The molecule has 0 saturated carbocycles. The fourth-order valence-corrected chi connectivity index (χ4v) is 3.95. The summed E-state index contributed by atoms with van der Waals surface area (Å²) in [5.74, 6) is 0. The Balaban J connectivity index is 1.78. The Bertz CT molecular complexity index is 1320. The van der Waals surface area contributed by atoms with Crippen LogP contribution in [0.4, 0.5) is 18.9 Å². The van der Waals surface area contributed by atoms with Gasteiger partial charge in [0, 0.05) is 45.6 Å². The maximum Gasteiger partial charge on any atom is 0.416 e. The van der Waals surface area contributed by atoms with E-state index in [4.69, 9.17) is 0 Å². The fourth-order valence-electron chi connectivity index (χ4n) is 3.95. The maximum absolute atomic E-state index is 13.1. The molecule has 0 fully saturated rings. The maximum atomic E-state index is 13.1. The highest BCUT2D eigenvalue weighted by molar-refractivity contribution is 6.27. The third-order valence-electron chi connectivity index (χ3n) is 5.40.